The van der Waals surface area contributed by atoms with Gasteiger partial charge in [0.2, 0.25) is 0 Å². The minimum atomic E-state index is -0.509. The Bertz CT molecular complexity index is 431. The number of hydrogen-bond donors (Lipinski definition) is 1. The fourth-order valence-electron chi connectivity index (χ4n) is 1.37. The summed E-state index contributed by atoms with van der Waals surface area (Å²) in [6, 6.07) is 4.02. The molecule has 0 aromatic carbocycles. The van der Waals surface area contributed by atoms with Crippen LogP contribution in [-0.2, 0) is 0 Å². The van der Waals surface area contributed by atoms with Crippen LogP contribution in [0.1, 0.15) is 26.3 Å². The van der Waals surface area contributed by atoms with E-state index in [1.807, 2.05) is 6.07 Å². The van der Waals surface area contributed by atoms with E-state index in [1.54, 1.807) is 22.7 Å². The van der Waals surface area contributed by atoms with E-state index in [-0.39, 0.29) is 0 Å². The molecule has 2 rings (SSSR count). The zero-order valence-corrected chi connectivity index (χ0v) is 13.6. The molecule has 0 spiro atoms. The molecular formula is C11H10Br2OS2. The van der Waals surface area contributed by atoms with Crippen LogP contribution in [0.3, 0.4) is 0 Å². The highest BCUT2D eigenvalue weighted by Crippen LogP contribution is 2.39. The number of aryl methyl sites for hydroxylation is 2. The Hall–Kier alpha value is 0.320. The first kappa shape index (κ1) is 12.8. The molecule has 1 atom stereocenters. The van der Waals surface area contributed by atoms with E-state index in [0.29, 0.717) is 0 Å². The lowest BCUT2D eigenvalue weighted by Gasteiger charge is -2.04. The number of aliphatic hydroxyl groups excluding tert-OH is 1. The predicted molar refractivity (Wildman–Crippen MR) is 77.6 cm³/mol. The van der Waals surface area contributed by atoms with Gasteiger partial charge in [-0.25, -0.2) is 0 Å². The third-order valence-electron chi connectivity index (χ3n) is 2.39. The van der Waals surface area contributed by atoms with Crippen molar-refractivity contribution in [3.63, 3.8) is 0 Å². The van der Waals surface area contributed by atoms with Gasteiger partial charge < -0.3 is 5.11 Å². The first-order valence-electron chi connectivity index (χ1n) is 4.68. The molecule has 0 aliphatic rings. The van der Waals surface area contributed by atoms with Crippen molar-refractivity contribution in [2.45, 2.75) is 20.0 Å². The molecule has 0 radical (unpaired) electrons. The van der Waals surface area contributed by atoms with Crippen LogP contribution in [0.15, 0.2) is 20.4 Å². The zero-order chi connectivity index (χ0) is 11.9. The van der Waals surface area contributed by atoms with Crippen LogP contribution in [0, 0.1) is 13.8 Å². The van der Waals surface area contributed by atoms with Crippen LogP contribution in [0.5, 0.6) is 0 Å². The van der Waals surface area contributed by atoms with Crippen LogP contribution in [0.2, 0.25) is 0 Å². The highest BCUT2D eigenvalue weighted by atomic mass is 79.9. The fraction of sp³-hybridized carbons (Fsp3) is 0.273. The van der Waals surface area contributed by atoms with Gasteiger partial charge in [0.25, 0.3) is 0 Å². The number of rotatable bonds is 2. The highest BCUT2D eigenvalue weighted by Gasteiger charge is 2.17. The van der Waals surface area contributed by atoms with Crippen molar-refractivity contribution >= 4 is 54.5 Å². The maximum Gasteiger partial charge on any atom is 0.122 e. The van der Waals surface area contributed by atoms with Crippen molar-refractivity contribution in [1.29, 1.82) is 0 Å². The van der Waals surface area contributed by atoms with E-state index in [0.717, 1.165) is 18.0 Å². The molecule has 2 heterocycles. The molecule has 1 nitrogen and oxygen atoms in total. The van der Waals surface area contributed by atoms with Crippen molar-refractivity contribution in [3.05, 3.63) is 40.6 Å². The van der Waals surface area contributed by atoms with Crippen LogP contribution in [0.4, 0.5) is 0 Å². The quantitative estimate of drug-likeness (QED) is 0.772. The van der Waals surface area contributed by atoms with Crippen molar-refractivity contribution in [2.75, 3.05) is 0 Å². The lowest BCUT2D eigenvalue weighted by atomic mass is 10.2. The molecule has 0 aliphatic carbocycles. The lowest BCUT2D eigenvalue weighted by Crippen LogP contribution is -1.92. The summed E-state index contributed by atoms with van der Waals surface area (Å²) in [4.78, 5) is 3.24. The first-order chi connectivity index (χ1) is 7.49. The Kier molecular flexibility index (Phi) is 3.91. The van der Waals surface area contributed by atoms with E-state index in [4.69, 9.17) is 0 Å². The summed E-state index contributed by atoms with van der Waals surface area (Å²) in [5, 5.41) is 10.2. The number of hydrogen-bond acceptors (Lipinski definition) is 3. The van der Waals surface area contributed by atoms with Crippen LogP contribution in [-0.4, -0.2) is 5.11 Å². The van der Waals surface area contributed by atoms with Gasteiger partial charge in [0.05, 0.1) is 3.79 Å². The van der Waals surface area contributed by atoms with Gasteiger partial charge in [0, 0.05) is 19.1 Å². The summed E-state index contributed by atoms with van der Waals surface area (Å²) in [6.45, 7) is 4.15. The van der Waals surface area contributed by atoms with Crippen molar-refractivity contribution in [3.8, 4) is 0 Å². The molecule has 1 N–H and O–H groups in total. The van der Waals surface area contributed by atoms with Crippen molar-refractivity contribution in [1.82, 2.24) is 0 Å². The topological polar surface area (TPSA) is 20.2 Å². The first-order valence-corrected chi connectivity index (χ1v) is 7.90. The summed E-state index contributed by atoms with van der Waals surface area (Å²) in [5.74, 6) is 0. The molecule has 16 heavy (non-hydrogen) atoms. The van der Waals surface area contributed by atoms with Crippen molar-refractivity contribution < 1.29 is 5.11 Å². The van der Waals surface area contributed by atoms with Gasteiger partial charge in [0.1, 0.15) is 6.10 Å². The molecule has 0 saturated carbocycles. The number of halogens is 2. The smallest absolute Gasteiger partial charge is 0.122 e. The van der Waals surface area contributed by atoms with Gasteiger partial charge in [-0.1, -0.05) is 0 Å². The molecule has 0 bridgehead atoms. The maximum atomic E-state index is 10.2. The van der Waals surface area contributed by atoms with Gasteiger partial charge in [-0.15, -0.1) is 22.7 Å². The van der Waals surface area contributed by atoms with E-state index >= 15 is 0 Å². The molecular weight excluding hydrogens is 372 g/mol. The predicted octanol–water partition coefficient (Wildman–Crippen LogP) is 5.03. The molecule has 2 aromatic heterocycles. The second-order valence-corrected chi connectivity index (χ2v) is 8.10. The monoisotopic (exact) mass is 380 g/mol. The van der Waals surface area contributed by atoms with E-state index in [1.165, 1.54) is 10.4 Å². The Balaban J connectivity index is 2.34. The van der Waals surface area contributed by atoms with E-state index in [9.17, 15) is 5.11 Å². The van der Waals surface area contributed by atoms with Crippen LogP contribution < -0.4 is 0 Å². The molecule has 0 saturated heterocycles. The minimum Gasteiger partial charge on any atom is -0.382 e. The number of aliphatic hydroxyl groups is 1. The molecule has 5 heteroatoms. The maximum absolute atomic E-state index is 10.2. The lowest BCUT2D eigenvalue weighted by molar-refractivity contribution is 0.228. The molecule has 2 aromatic rings. The summed E-state index contributed by atoms with van der Waals surface area (Å²) >= 11 is 10.1. The number of thiophene rings is 2. The van der Waals surface area contributed by atoms with Gasteiger partial charge in [-0.2, -0.15) is 0 Å². The highest BCUT2D eigenvalue weighted by molar-refractivity contribution is 9.13. The van der Waals surface area contributed by atoms with Crippen LogP contribution >= 0.6 is 54.5 Å². The third-order valence-corrected chi connectivity index (χ3v) is 6.90. The SMILES string of the molecule is Cc1cc(C(O)c2cc(Br)c(Br)s2)sc1C. The molecule has 0 fully saturated rings. The van der Waals surface area contributed by atoms with Gasteiger partial charge in [0.15, 0.2) is 0 Å². The van der Waals surface area contributed by atoms with Gasteiger partial charge in [-0.3, -0.25) is 0 Å². The van der Waals surface area contributed by atoms with Crippen molar-refractivity contribution in [2.24, 2.45) is 0 Å². The normalized spacial score (nSPS) is 13.1. The molecule has 86 valence electrons. The zero-order valence-electron chi connectivity index (χ0n) is 8.75. The van der Waals surface area contributed by atoms with E-state index in [2.05, 4.69) is 51.8 Å². The summed E-state index contributed by atoms with van der Waals surface area (Å²) in [7, 11) is 0. The Morgan fingerprint density at radius 3 is 2.19 bits per heavy atom. The Labute approximate surface area is 119 Å². The van der Waals surface area contributed by atoms with Gasteiger partial charge >= 0.3 is 0 Å². The average molecular weight is 382 g/mol. The molecule has 0 amide bonds. The second-order valence-electron chi connectivity index (χ2n) is 3.56. The molecule has 1 unspecified atom stereocenters. The second kappa shape index (κ2) is 4.90. The summed E-state index contributed by atoms with van der Waals surface area (Å²) < 4.78 is 2.02. The summed E-state index contributed by atoms with van der Waals surface area (Å²) in [5.41, 5.74) is 1.24. The van der Waals surface area contributed by atoms with Crippen LogP contribution in [0.25, 0.3) is 0 Å². The summed E-state index contributed by atoms with van der Waals surface area (Å²) in [6.07, 6.45) is -0.509. The standard InChI is InChI=1S/C11H10Br2OS2/c1-5-3-8(15-6(5)2)10(14)9-4-7(12)11(13)16-9/h3-4,10,14H,1-2H3. The third kappa shape index (κ3) is 2.43. The largest absolute Gasteiger partial charge is 0.382 e. The Morgan fingerprint density at radius 1 is 1.12 bits per heavy atom. The minimum absolute atomic E-state index is 0.509. The fourth-order valence-corrected chi connectivity index (χ4v) is 4.59. The Morgan fingerprint density at radius 2 is 1.75 bits per heavy atom. The van der Waals surface area contributed by atoms with Gasteiger partial charge in [-0.05, 0) is 63.4 Å². The van der Waals surface area contributed by atoms with E-state index < -0.39 is 6.10 Å². The average Bonchev–Trinajstić information content (AvgIpc) is 2.72. The molecule has 0 aliphatic heterocycles.